The van der Waals surface area contributed by atoms with Crippen LogP contribution in [0.4, 0.5) is 0 Å². The Morgan fingerprint density at radius 2 is 1.90 bits per heavy atom. The fourth-order valence-electron chi connectivity index (χ4n) is 3.83. The van der Waals surface area contributed by atoms with Gasteiger partial charge in [0, 0.05) is 25.7 Å². The molecule has 0 radical (unpaired) electrons. The van der Waals surface area contributed by atoms with E-state index in [-0.39, 0.29) is 0 Å². The van der Waals surface area contributed by atoms with Crippen LogP contribution in [0.15, 0.2) is 24.3 Å². The molecule has 1 saturated carbocycles. The minimum atomic E-state index is 0.362. The van der Waals surface area contributed by atoms with Gasteiger partial charge in [-0.2, -0.15) is 0 Å². The molecule has 3 atom stereocenters. The van der Waals surface area contributed by atoms with Gasteiger partial charge < -0.3 is 10.5 Å². The summed E-state index contributed by atoms with van der Waals surface area (Å²) in [4.78, 5) is 2.55. The van der Waals surface area contributed by atoms with E-state index in [1.807, 2.05) is 0 Å². The highest BCUT2D eigenvalue weighted by molar-refractivity contribution is 5.31. The van der Waals surface area contributed by atoms with Crippen molar-refractivity contribution >= 4 is 0 Å². The molecule has 1 aromatic rings. The largest absolute Gasteiger partial charge is 0.372 e. The lowest BCUT2D eigenvalue weighted by molar-refractivity contribution is -0.0521. The van der Waals surface area contributed by atoms with E-state index >= 15 is 0 Å². The summed E-state index contributed by atoms with van der Waals surface area (Å²) in [6.07, 6.45) is 6.04. The second-order valence-electron chi connectivity index (χ2n) is 6.61. The van der Waals surface area contributed by atoms with Gasteiger partial charge in [0.25, 0.3) is 0 Å². The third-order valence-electron chi connectivity index (χ3n) is 5.08. The van der Waals surface area contributed by atoms with Crippen molar-refractivity contribution in [1.29, 1.82) is 0 Å². The molecule has 2 aliphatic heterocycles. The first-order valence-electron chi connectivity index (χ1n) is 8.03. The van der Waals surface area contributed by atoms with E-state index in [1.165, 1.54) is 36.8 Å². The molecule has 1 aliphatic carbocycles. The number of morpholine rings is 1. The molecule has 3 unspecified atom stereocenters. The molecule has 20 heavy (non-hydrogen) atoms. The Morgan fingerprint density at radius 3 is 2.55 bits per heavy atom. The van der Waals surface area contributed by atoms with Crippen LogP contribution in [0, 0.1) is 0 Å². The molecular formula is C17H24N2O. The van der Waals surface area contributed by atoms with Gasteiger partial charge in [0.1, 0.15) is 0 Å². The molecule has 108 valence electrons. The second-order valence-corrected chi connectivity index (χ2v) is 6.61. The van der Waals surface area contributed by atoms with Gasteiger partial charge in [0.2, 0.25) is 0 Å². The minimum absolute atomic E-state index is 0.362. The number of benzene rings is 1. The fourth-order valence-corrected chi connectivity index (χ4v) is 3.83. The van der Waals surface area contributed by atoms with Gasteiger partial charge in [-0.3, -0.25) is 4.90 Å². The highest BCUT2D eigenvalue weighted by Gasteiger charge is 2.36. The SMILES string of the molecule is NCC(c1cccc(C2CC2)c1)N1CC2CCC(C1)O2. The van der Waals surface area contributed by atoms with E-state index in [0.717, 1.165) is 19.0 Å². The van der Waals surface area contributed by atoms with Crippen LogP contribution in [0.3, 0.4) is 0 Å². The molecule has 0 amide bonds. The van der Waals surface area contributed by atoms with E-state index in [1.54, 1.807) is 0 Å². The summed E-state index contributed by atoms with van der Waals surface area (Å²) in [5.41, 5.74) is 9.02. The van der Waals surface area contributed by atoms with Crippen molar-refractivity contribution in [2.75, 3.05) is 19.6 Å². The molecule has 2 bridgehead atoms. The number of likely N-dealkylation sites (tertiary alicyclic amines) is 1. The number of nitrogens with two attached hydrogens (primary N) is 1. The van der Waals surface area contributed by atoms with Crippen molar-refractivity contribution in [3.05, 3.63) is 35.4 Å². The molecule has 0 aromatic heterocycles. The molecule has 3 heteroatoms. The van der Waals surface area contributed by atoms with Crippen molar-refractivity contribution < 1.29 is 4.74 Å². The molecule has 2 saturated heterocycles. The Kier molecular flexibility index (Phi) is 3.29. The molecule has 0 spiro atoms. The predicted octanol–water partition coefficient (Wildman–Crippen LogP) is 2.43. The lowest BCUT2D eigenvalue weighted by Crippen LogP contribution is -2.46. The van der Waals surface area contributed by atoms with E-state index in [2.05, 4.69) is 29.2 Å². The summed E-state index contributed by atoms with van der Waals surface area (Å²) in [7, 11) is 0. The van der Waals surface area contributed by atoms with Crippen LogP contribution in [0.1, 0.15) is 48.8 Å². The number of nitrogens with zero attached hydrogens (tertiary/aromatic N) is 1. The molecule has 3 fully saturated rings. The third kappa shape index (κ3) is 2.39. The second kappa shape index (κ2) is 5.14. The minimum Gasteiger partial charge on any atom is -0.372 e. The molecule has 2 N–H and O–H groups in total. The number of ether oxygens (including phenoxy) is 1. The summed E-state index contributed by atoms with van der Waals surface area (Å²) >= 11 is 0. The Morgan fingerprint density at radius 1 is 1.15 bits per heavy atom. The normalized spacial score (nSPS) is 31.4. The monoisotopic (exact) mass is 272 g/mol. The van der Waals surface area contributed by atoms with Gasteiger partial charge in [-0.15, -0.1) is 0 Å². The van der Waals surface area contributed by atoms with Crippen molar-refractivity contribution in [2.45, 2.75) is 49.9 Å². The summed E-state index contributed by atoms with van der Waals surface area (Å²) in [5.74, 6) is 0.814. The lowest BCUT2D eigenvalue weighted by Gasteiger charge is -2.37. The van der Waals surface area contributed by atoms with Crippen LogP contribution < -0.4 is 5.73 Å². The average molecular weight is 272 g/mol. The van der Waals surface area contributed by atoms with Crippen LogP contribution in [-0.2, 0) is 4.74 Å². The quantitative estimate of drug-likeness (QED) is 0.915. The van der Waals surface area contributed by atoms with Crippen molar-refractivity contribution in [1.82, 2.24) is 4.90 Å². The standard InChI is InChI=1S/C17H24N2O/c18-9-17(19-10-15-6-7-16(11-19)20-15)14-3-1-2-13(8-14)12-4-5-12/h1-3,8,12,15-17H,4-7,9-11,18H2. The topological polar surface area (TPSA) is 38.5 Å². The third-order valence-corrected chi connectivity index (χ3v) is 5.08. The number of fused-ring (bicyclic) bond motifs is 2. The maximum absolute atomic E-state index is 6.11. The maximum Gasteiger partial charge on any atom is 0.0707 e. The van der Waals surface area contributed by atoms with Crippen LogP contribution in [0.2, 0.25) is 0 Å². The molecule has 4 rings (SSSR count). The van der Waals surface area contributed by atoms with Gasteiger partial charge in [-0.05, 0) is 42.7 Å². The van der Waals surface area contributed by atoms with Gasteiger partial charge in [0.15, 0.2) is 0 Å². The highest BCUT2D eigenvalue weighted by atomic mass is 16.5. The first kappa shape index (κ1) is 12.8. The van der Waals surface area contributed by atoms with E-state index < -0.39 is 0 Å². The van der Waals surface area contributed by atoms with E-state index in [9.17, 15) is 0 Å². The van der Waals surface area contributed by atoms with Crippen molar-refractivity contribution in [3.8, 4) is 0 Å². The summed E-state index contributed by atoms with van der Waals surface area (Å²) < 4.78 is 5.95. The number of hydrogen-bond acceptors (Lipinski definition) is 3. The average Bonchev–Trinajstić information content (AvgIpc) is 3.26. The fraction of sp³-hybridized carbons (Fsp3) is 0.647. The van der Waals surface area contributed by atoms with Crippen LogP contribution in [-0.4, -0.2) is 36.7 Å². The van der Waals surface area contributed by atoms with Crippen LogP contribution in [0.5, 0.6) is 0 Å². The molecular weight excluding hydrogens is 248 g/mol. The lowest BCUT2D eigenvalue weighted by atomic mass is 10.00. The molecule has 1 aromatic carbocycles. The number of rotatable bonds is 4. The van der Waals surface area contributed by atoms with Gasteiger partial charge in [-0.1, -0.05) is 24.3 Å². The molecule has 2 heterocycles. The van der Waals surface area contributed by atoms with E-state index in [0.29, 0.717) is 24.8 Å². The molecule has 3 nitrogen and oxygen atoms in total. The Balaban J connectivity index is 1.56. The molecule has 3 aliphatic rings. The van der Waals surface area contributed by atoms with Crippen molar-refractivity contribution in [2.24, 2.45) is 5.73 Å². The Labute approximate surface area is 121 Å². The summed E-state index contributed by atoms with van der Waals surface area (Å²) in [6, 6.07) is 9.49. The maximum atomic E-state index is 6.11. The Bertz CT molecular complexity index is 474. The predicted molar refractivity (Wildman–Crippen MR) is 79.7 cm³/mol. The zero-order chi connectivity index (χ0) is 13.5. The first-order chi connectivity index (χ1) is 9.83. The van der Waals surface area contributed by atoms with Gasteiger partial charge in [-0.25, -0.2) is 0 Å². The first-order valence-corrected chi connectivity index (χ1v) is 8.03. The number of hydrogen-bond donors (Lipinski definition) is 1. The zero-order valence-corrected chi connectivity index (χ0v) is 12.0. The van der Waals surface area contributed by atoms with Crippen LogP contribution >= 0.6 is 0 Å². The highest BCUT2D eigenvalue weighted by Crippen LogP contribution is 2.41. The van der Waals surface area contributed by atoms with E-state index in [4.69, 9.17) is 10.5 Å². The summed E-state index contributed by atoms with van der Waals surface area (Å²) in [5, 5.41) is 0. The van der Waals surface area contributed by atoms with Gasteiger partial charge in [0.05, 0.1) is 12.2 Å². The van der Waals surface area contributed by atoms with Crippen LogP contribution in [0.25, 0.3) is 0 Å². The zero-order valence-electron chi connectivity index (χ0n) is 12.0. The smallest absolute Gasteiger partial charge is 0.0707 e. The Hall–Kier alpha value is -0.900. The summed E-state index contributed by atoms with van der Waals surface area (Å²) in [6.45, 7) is 2.80. The van der Waals surface area contributed by atoms with Gasteiger partial charge >= 0.3 is 0 Å². The van der Waals surface area contributed by atoms with Crippen molar-refractivity contribution in [3.63, 3.8) is 0 Å².